The van der Waals surface area contributed by atoms with Gasteiger partial charge in [0.15, 0.2) is 23.1 Å². The van der Waals surface area contributed by atoms with E-state index in [-0.39, 0.29) is 35.4 Å². The van der Waals surface area contributed by atoms with Gasteiger partial charge in [-0.25, -0.2) is 8.78 Å². The molecule has 2 heterocycles. The summed E-state index contributed by atoms with van der Waals surface area (Å²) in [5.41, 5.74) is 1.20. The zero-order valence-electron chi connectivity index (χ0n) is 25.0. The third-order valence-corrected chi connectivity index (χ3v) is 6.67. The van der Waals surface area contributed by atoms with Crippen molar-refractivity contribution in [3.63, 3.8) is 0 Å². The number of hydrogen-bond donors (Lipinski definition) is 0. The second-order valence-corrected chi connectivity index (χ2v) is 9.42. The van der Waals surface area contributed by atoms with Gasteiger partial charge in [-0.15, -0.1) is 0 Å². The van der Waals surface area contributed by atoms with E-state index in [1.165, 1.54) is 35.5 Å². The first-order chi connectivity index (χ1) is 18.9. The highest BCUT2D eigenvalue weighted by Gasteiger charge is 2.20. The van der Waals surface area contributed by atoms with Crippen LogP contribution in [0.4, 0.5) is 8.78 Å². The number of ether oxygens (including phenoxy) is 2. The van der Waals surface area contributed by atoms with Crippen LogP contribution in [0.25, 0.3) is 21.8 Å². The predicted molar refractivity (Wildman–Crippen MR) is 156 cm³/mol. The van der Waals surface area contributed by atoms with Crippen molar-refractivity contribution < 1.29 is 27.8 Å². The van der Waals surface area contributed by atoms with Crippen molar-refractivity contribution in [2.24, 2.45) is 0 Å². The van der Waals surface area contributed by atoms with Crippen LogP contribution in [0.1, 0.15) is 37.3 Å². The first-order valence-electron chi connectivity index (χ1n) is 13.0. The third-order valence-electron chi connectivity index (χ3n) is 6.67. The molecule has 0 saturated heterocycles. The Labute approximate surface area is 234 Å². The molecule has 8 nitrogen and oxygen atoms in total. The molecule has 0 unspecified atom stereocenters. The van der Waals surface area contributed by atoms with E-state index in [0.717, 1.165) is 5.39 Å². The van der Waals surface area contributed by atoms with Crippen molar-refractivity contribution >= 4 is 33.6 Å². The summed E-state index contributed by atoms with van der Waals surface area (Å²) in [5.74, 6) is -0.740. The molecule has 0 aliphatic heterocycles. The monoisotopic (exact) mass is 558 g/mol. The van der Waals surface area contributed by atoms with Crippen molar-refractivity contribution in [3.8, 4) is 11.5 Å². The van der Waals surface area contributed by atoms with Gasteiger partial charge in [0.05, 0.1) is 37.3 Å². The van der Waals surface area contributed by atoms with Crippen molar-refractivity contribution in [2.45, 2.75) is 39.8 Å². The molecule has 0 aliphatic carbocycles. The van der Waals surface area contributed by atoms with Crippen LogP contribution in [0.3, 0.4) is 0 Å². The van der Waals surface area contributed by atoms with E-state index in [1.807, 2.05) is 65.7 Å². The molecular formula is C30H40F2N4O4. The van der Waals surface area contributed by atoms with Crippen molar-refractivity contribution in [1.29, 1.82) is 0 Å². The molecule has 2 atom stereocenters. The molecule has 218 valence electrons. The molecule has 0 radical (unpaired) electrons. The molecule has 0 aliphatic rings. The average molecular weight is 559 g/mol. The van der Waals surface area contributed by atoms with E-state index in [1.54, 1.807) is 36.7 Å². The first-order valence-corrected chi connectivity index (χ1v) is 13.0. The number of hydrogen-bond acceptors (Lipinski definition) is 6. The van der Waals surface area contributed by atoms with Gasteiger partial charge in [0.2, 0.25) is 11.8 Å². The van der Waals surface area contributed by atoms with Crippen LogP contribution in [-0.4, -0.2) is 85.2 Å². The van der Waals surface area contributed by atoms with E-state index in [4.69, 9.17) is 9.47 Å². The van der Waals surface area contributed by atoms with E-state index < -0.39 is 11.6 Å². The lowest BCUT2D eigenvalue weighted by molar-refractivity contribution is 0.0802. The van der Waals surface area contributed by atoms with Gasteiger partial charge < -0.3 is 9.47 Å². The number of halogens is 2. The maximum Gasteiger partial charge on any atom is 0.248 e. The van der Waals surface area contributed by atoms with Gasteiger partial charge in [0, 0.05) is 35.3 Å². The Hall–Kier alpha value is -3.76. The van der Waals surface area contributed by atoms with Crippen LogP contribution in [0.5, 0.6) is 11.5 Å². The quantitative estimate of drug-likeness (QED) is 0.299. The number of benzene rings is 2. The highest BCUT2D eigenvalue weighted by atomic mass is 19.1. The maximum atomic E-state index is 13.7. The molecule has 0 bridgehead atoms. The summed E-state index contributed by atoms with van der Waals surface area (Å²) in [4.78, 5) is 28.3. The number of fused-ring (bicyclic) bond motifs is 2. The fraction of sp³-hybridized carbons (Fsp3) is 0.400. The van der Waals surface area contributed by atoms with Crippen molar-refractivity contribution in [1.82, 2.24) is 18.9 Å². The molecule has 2 aromatic heterocycles. The molecule has 0 amide bonds. The molecule has 40 heavy (non-hydrogen) atoms. The third kappa shape index (κ3) is 6.86. The first kappa shape index (κ1) is 32.5. The largest absolute Gasteiger partial charge is 0.494 e. The summed E-state index contributed by atoms with van der Waals surface area (Å²) in [6.45, 7) is 7.64. The van der Waals surface area contributed by atoms with Gasteiger partial charge >= 0.3 is 0 Å². The molecule has 4 rings (SSSR count). The number of carbonyl (C=O) groups is 2. The van der Waals surface area contributed by atoms with E-state index in [9.17, 15) is 18.4 Å². The Morgan fingerprint density at radius 2 is 1.07 bits per heavy atom. The van der Waals surface area contributed by atoms with E-state index in [2.05, 4.69) is 0 Å². The molecular weight excluding hydrogens is 518 g/mol. The number of rotatable bonds is 6. The van der Waals surface area contributed by atoms with Crippen molar-refractivity contribution in [2.75, 3.05) is 42.4 Å². The lowest BCUT2D eigenvalue weighted by atomic mass is 10.2. The van der Waals surface area contributed by atoms with Crippen LogP contribution >= 0.6 is 0 Å². The van der Waals surface area contributed by atoms with E-state index in [0.29, 0.717) is 16.4 Å². The summed E-state index contributed by atoms with van der Waals surface area (Å²) in [5, 5.41) is 1.45. The minimum atomic E-state index is -0.472. The number of carbonyl (C=O) groups excluding carboxylic acids is 2. The molecule has 0 fully saturated rings. The maximum absolute atomic E-state index is 13.7. The van der Waals surface area contributed by atoms with Gasteiger partial charge in [0.1, 0.15) is 0 Å². The highest BCUT2D eigenvalue weighted by Crippen LogP contribution is 2.27. The molecule has 4 aromatic rings. The minimum Gasteiger partial charge on any atom is -0.494 e. The SMILES string of the molecule is CC.COc1cc2c(ccn2C(=O)[C@H](C)N(C)C)cc1F.COc1cc2ccn(C(=O)[C@H](C)N(C)C)c2cc1F. The van der Waals surface area contributed by atoms with Gasteiger partial charge in [-0.1, -0.05) is 13.8 Å². The molecule has 0 spiro atoms. The molecule has 0 saturated carbocycles. The van der Waals surface area contributed by atoms with Crippen LogP contribution < -0.4 is 9.47 Å². The Morgan fingerprint density at radius 3 is 1.50 bits per heavy atom. The summed E-state index contributed by atoms with van der Waals surface area (Å²) >= 11 is 0. The van der Waals surface area contributed by atoms with Crippen LogP contribution in [0.15, 0.2) is 48.8 Å². The minimum absolute atomic E-state index is 0.0614. The van der Waals surface area contributed by atoms with Crippen LogP contribution in [-0.2, 0) is 0 Å². The zero-order chi connectivity index (χ0) is 30.3. The molecule has 0 N–H and O–H groups in total. The van der Waals surface area contributed by atoms with E-state index >= 15 is 0 Å². The average Bonchev–Trinajstić information content (AvgIpc) is 3.54. The lowest BCUT2D eigenvalue weighted by Crippen LogP contribution is -2.36. The van der Waals surface area contributed by atoms with Gasteiger partial charge in [0.25, 0.3) is 0 Å². The number of methoxy groups -OCH3 is 2. The standard InChI is InChI=1S/2C14H17FN2O2.C2H6/c1-9(16(2)3)14(18)17-6-5-10-7-13(19-4)11(15)8-12(10)17;1-9(16(2)3)14(18)17-6-5-10-7-11(15)13(19-4)8-12(10)17;1-2/h2*5-9H,1-4H3;1-2H3/t2*9-;/m00./s1. The van der Waals surface area contributed by atoms with Crippen LogP contribution in [0, 0.1) is 11.6 Å². The fourth-order valence-electron chi connectivity index (χ4n) is 3.81. The predicted octanol–water partition coefficient (Wildman–Crippen LogP) is 5.78. The zero-order valence-corrected chi connectivity index (χ0v) is 25.0. The summed E-state index contributed by atoms with van der Waals surface area (Å²) in [7, 11) is 10.2. The molecule has 10 heteroatoms. The Balaban J connectivity index is 0.000000264. The summed E-state index contributed by atoms with van der Waals surface area (Å²) in [6.07, 6.45) is 3.32. The number of likely N-dealkylation sites (N-methyl/N-ethyl adjacent to an activating group) is 2. The summed E-state index contributed by atoms with van der Waals surface area (Å²) < 4.78 is 40.2. The van der Waals surface area contributed by atoms with Crippen molar-refractivity contribution in [3.05, 3.63) is 60.4 Å². The number of nitrogens with zero attached hydrogens (tertiary/aromatic N) is 4. The fourth-order valence-corrected chi connectivity index (χ4v) is 3.81. The Kier molecular flexibility index (Phi) is 11.4. The van der Waals surface area contributed by atoms with Gasteiger partial charge in [-0.2, -0.15) is 0 Å². The Morgan fingerprint density at radius 1 is 0.700 bits per heavy atom. The normalized spacial score (nSPS) is 12.4. The smallest absolute Gasteiger partial charge is 0.248 e. The van der Waals surface area contributed by atoms with Gasteiger partial charge in [-0.05, 0) is 66.3 Å². The summed E-state index contributed by atoms with van der Waals surface area (Å²) in [6, 6.07) is 8.80. The van der Waals surface area contributed by atoms with Crippen LogP contribution in [0.2, 0.25) is 0 Å². The second-order valence-electron chi connectivity index (χ2n) is 9.42. The lowest BCUT2D eigenvalue weighted by Gasteiger charge is -2.19. The second kappa shape index (κ2) is 14.0. The molecule has 2 aromatic carbocycles. The highest BCUT2D eigenvalue weighted by molar-refractivity contribution is 5.96. The van der Waals surface area contributed by atoms with Gasteiger partial charge in [-0.3, -0.25) is 28.5 Å². The topological polar surface area (TPSA) is 68.9 Å². The Bertz CT molecular complexity index is 1460. The number of aromatic nitrogens is 2.